The monoisotopic (exact) mass is 491 g/mol. The van der Waals surface area contributed by atoms with Gasteiger partial charge in [0.25, 0.3) is 0 Å². The van der Waals surface area contributed by atoms with E-state index >= 15 is 0 Å². The Bertz CT molecular complexity index is 699. The van der Waals surface area contributed by atoms with Gasteiger partial charge in [-0.05, 0) is 24.6 Å². The van der Waals surface area contributed by atoms with Crippen molar-refractivity contribution in [1.82, 2.24) is 15.2 Å². The van der Waals surface area contributed by atoms with Gasteiger partial charge < -0.3 is 15.1 Å². The van der Waals surface area contributed by atoms with Gasteiger partial charge in [-0.3, -0.25) is 4.99 Å². The molecule has 2 aromatic rings. The third-order valence-electron chi connectivity index (χ3n) is 4.18. The lowest BCUT2D eigenvalue weighted by atomic mass is 10.1. The first-order chi connectivity index (χ1) is 11.7. The first kappa shape index (κ1) is 20.3. The molecule has 3 rings (SSSR count). The molecule has 0 bridgehead atoms. The van der Waals surface area contributed by atoms with Crippen molar-refractivity contribution in [2.24, 2.45) is 4.99 Å². The Morgan fingerprint density at radius 1 is 1.32 bits per heavy atom. The lowest BCUT2D eigenvalue weighted by Gasteiger charge is -2.38. The first-order valence-corrected chi connectivity index (χ1v) is 9.28. The van der Waals surface area contributed by atoms with Crippen LogP contribution in [0.4, 0.5) is 5.69 Å². The van der Waals surface area contributed by atoms with E-state index in [2.05, 4.69) is 44.1 Å². The second-order valence-corrected chi connectivity index (χ2v) is 7.15. The van der Waals surface area contributed by atoms with Gasteiger partial charge >= 0.3 is 0 Å². The summed E-state index contributed by atoms with van der Waals surface area (Å²) < 4.78 is 0. The second kappa shape index (κ2) is 9.59. The molecule has 1 aromatic carbocycles. The van der Waals surface area contributed by atoms with Crippen molar-refractivity contribution in [3.05, 3.63) is 45.4 Å². The van der Waals surface area contributed by atoms with E-state index < -0.39 is 0 Å². The number of anilines is 1. The van der Waals surface area contributed by atoms with Crippen molar-refractivity contribution in [1.29, 1.82) is 0 Å². The molecule has 25 heavy (non-hydrogen) atoms. The van der Waals surface area contributed by atoms with Crippen molar-refractivity contribution in [3.8, 4) is 0 Å². The van der Waals surface area contributed by atoms with Gasteiger partial charge in [-0.2, -0.15) is 0 Å². The first-order valence-electron chi connectivity index (χ1n) is 8.02. The maximum atomic E-state index is 6.16. The Morgan fingerprint density at radius 3 is 2.72 bits per heavy atom. The lowest BCUT2D eigenvalue weighted by Crippen LogP contribution is -2.52. The summed E-state index contributed by atoms with van der Waals surface area (Å²) in [4.78, 5) is 13.4. The number of rotatable bonds is 3. The van der Waals surface area contributed by atoms with E-state index in [0.717, 1.165) is 48.7 Å². The van der Waals surface area contributed by atoms with Gasteiger partial charge in [-0.15, -0.1) is 35.3 Å². The fourth-order valence-corrected chi connectivity index (χ4v) is 3.63. The molecule has 0 aliphatic carbocycles. The highest BCUT2D eigenvalue weighted by Crippen LogP contribution is 2.25. The predicted octanol–water partition coefficient (Wildman–Crippen LogP) is 3.62. The molecule has 0 saturated carbocycles. The molecular weight excluding hydrogens is 469 g/mol. The third-order valence-corrected chi connectivity index (χ3v) is 5.20. The molecule has 1 aromatic heterocycles. The number of piperazine rings is 1. The Labute approximate surface area is 175 Å². The van der Waals surface area contributed by atoms with Gasteiger partial charge in [0.1, 0.15) is 5.01 Å². The topological polar surface area (TPSA) is 43.8 Å². The number of aliphatic imine (C=N–C) groups is 1. The number of aromatic nitrogens is 1. The van der Waals surface area contributed by atoms with Crippen LogP contribution < -0.4 is 10.2 Å². The van der Waals surface area contributed by atoms with E-state index in [1.807, 2.05) is 24.7 Å². The minimum Gasteiger partial charge on any atom is -0.368 e. The summed E-state index contributed by atoms with van der Waals surface area (Å²) in [6.45, 7) is 6.63. The number of aryl methyl sites for hydroxylation is 1. The van der Waals surface area contributed by atoms with Crippen molar-refractivity contribution in [2.75, 3.05) is 38.1 Å². The fraction of sp³-hybridized carbons (Fsp3) is 0.412. The van der Waals surface area contributed by atoms with E-state index in [4.69, 9.17) is 11.6 Å². The molecule has 5 nitrogen and oxygen atoms in total. The number of hydrogen-bond donors (Lipinski definition) is 1. The van der Waals surface area contributed by atoms with E-state index in [9.17, 15) is 0 Å². The van der Waals surface area contributed by atoms with E-state index in [0.29, 0.717) is 0 Å². The summed E-state index contributed by atoms with van der Waals surface area (Å²) in [5.74, 6) is 0.938. The normalized spacial score (nSPS) is 15.1. The van der Waals surface area contributed by atoms with Crippen LogP contribution in [0.5, 0.6) is 0 Å². The van der Waals surface area contributed by atoms with Gasteiger partial charge in [0.2, 0.25) is 0 Å². The van der Waals surface area contributed by atoms with E-state index in [1.54, 1.807) is 11.3 Å². The van der Waals surface area contributed by atoms with Crippen molar-refractivity contribution in [2.45, 2.75) is 13.5 Å². The Morgan fingerprint density at radius 2 is 2.08 bits per heavy atom. The van der Waals surface area contributed by atoms with E-state index in [1.165, 1.54) is 11.3 Å². The third kappa shape index (κ3) is 5.21. The molecule has 136 valence electrons. The molecule has 0 spiro atoms. The summed E-state index contributed by atoms with van der Waals surface area (Å²) in [6, 6.07) is 6.08. The highest BCUT2D eigenvalue weighted by Gasteiger charge is 2.21. The molecule has 1 saturated heterocycles. The molecule has 0 radical (unpaired) electrons. The average Bonchev–Trinajstić information content (AvgIpc) is 3.12. The van der Waals surface area contributed by atoms with Crippen LogP contribution in [0, 0.1) is 6.92 Å². The molecule has 1 fully saturated rings. The van der Waals surface area contributed by atoms with Crippen LogP contribution in [0.1, 0.15) is 10.6 Å². The highest BCUT2D eigenvalue weighted by atomic mass is 127. The lowest BCUT2D eigenvalue weighted by molar-refractivity contribution is 0.372. The largest absolute Gasteiger partial charge is 0.368 e. The minimum atomic E-state index is 0. The smallest absolute Gasteiger partial charge is 0.194 e. The molecule has 1 aliphatic heterocycles. The molecule has 8 heteroatoms. The maximum absolute atomic E-state index is 6.16. The zero-order valence-corrected chi connectivity index (χ0v) is 18.3. The summed E-state index contributed by atoms with van der Waals surface area (Å²) in [6.07, 6.45) is 1.83. The van der Waals surface area contributed by atoms with Gasteiger partial charge in [0, 0.05) is 55.5 Å². The van der Waals surface area contributed by atoms with Crippen LogP contribution in [0.3, 0.4) is 0 Å². The number of guanidine groups is 1. The molecular formula is C17H23ClIN5S. The van der Waals surface area contributed by atoms with E-state index in [-0.39, 0.29) is 24.0 Å². The summed E-state index contributed by atoms with van der Waals surface area (Å²) in [5, 5.41) is 7.26. The minimum absolute atomic E-state index is 0. The van der Waals surface area contributed by atoms with Crippen LogP contribution in [-0.2, 0) is 6.54 Å². The molecule has 0 unspecified atom stereocenters. The Kier molecular flexibility index (Phi) is 7.77. The summed E-state index contributed by atoms with van der Waals surface area (Å²) >= 11 is 7.81. The summed E-state index contributed by atoms with van der Waals surface area (Å²) in [5.41, 5.74) is 2.49. The number of nitrogens with one attached hydrogen (secondary N) is 1. The Balaban J connectivity index is 0.00000225. The number of hydrogen-bond acceptors (Lipinski definition) is 4. The van der Waals surface area contributed by atoms with Crippen LogP contribution in [0.25, 0.3) is 0 Å². The van der Waals surface area contributed by atoms with Crippen LogP contribution in [-0.4, -0.2) is 49.1 Å². The van der Waals surface area contributed by atoms with Gasteiger partial charge in [-0.1, -0.05) is 17.7 Å². The zero-order valence-electron chi connectivity index (χ0n) is 14.4. The van der Waals surface area contributed by atoms with Crippen molar-refractivity contribution in [3.63, 3.8) is 0 Å². The molecule has 1 aliphatic rings. The molecule has 0 atom stereocenters. The maximum Gasteiger partial charge on any atom is 0.194 e. The number of benzene rings is 1. The molecule has 0 amide bonds. The predicted molar refractivity (Wildman–Crippen MR) is 118 cm³/mol. The number of halogens is 2. The quantitative estimate of drug-likeness (QED) is 0.405. The second-order valence-electron chi connectivity index (χ2n) is 5.73. The van der Waals surface area contributed by atoms with Crippen molar-refractivity contribution < 1.29 is 0 Å². The van der Waals surface area contributed by atoms with Gasteiger partial charge in [0.15, 0.2) is 5.96 Å². The molecule has 2 heterocycles. The van der Waals surface area contributed by atoms with Crippen LogP contribution in [0.2, 0.25) is 5.02 Å². The Hall–Kier alpha value is -1.06. The molecule has 1 N–H and O–H groups in total. The SMILES string of the molecule is CN=C(NCc1nccs1)N1CCN(c2cc(Cl)ccc2C)CC1.I. The van der Waals surface area contributed by atoms with Crippen LogP contribution in [0.15, 0.2) is 34.8 Å². The number of thiazole rings is 1. The summed E-state index contributed by atoms with van der Waals surface area (Å²) in [7, 11) is 1.83. The van der Waals surface area contributed by atoms with Crippen molar-refractivity contribution >= 4 is 58.6 Å². The average molecular weight is 492 g/mol. The standard InChI is InChI=1S/C17H22ClN5S.HI/c1-13-3-4-14(18)11-15(13)22-6-8-23(9-7-22)17(19-2)21-12-16-20-5-10-24-16;/h3-5,10-11H,6-9,12H2,1-2H3,(H,19,21);1H. The fourth-order valence-electron chi connectivity index (χ4n) is 2.91. The zero-order chi connectivity index (χ0) is 16.9. The van der Waals surface area contributed by atoms with Crippen LogP contribution >= 0.6 is 46.9 Å². The highest BCUT2D eigenvalue weighted by molar-refractivity contribution is 14.0. The van der Waals surface area contributed by atoms with Gasteiger partial charge in [-0.25, -0.2) is 4.98 Å². The van der Waals surface area contributed by atoms with Gasteiger partial charge in [0.05, 0.1) is 6.54 Å². The number of nitrogens with zero attached hydrogens (tertiary/aromatic N) is 4.